The van der Waals surface area contributed by atoms with E-state index in [2.05, 4.69) is 6.15 Å². The molecule has 0 aliphatic heterocycles. The molecule has 0 unspecified atom stereocenters. The molecular formula is C4H3ClF3O4Sn. The number of hydrogen-bond acceptors (Lipinski definition) is 4. The first kappa shape index (κ1) is 12.8. The van der Waals surface area contributed by atoms with Gasteiger partial charge >= 0.3 is 82.3 Å². The summed E-state index contributed by atoms with van der Waals surface area (Å²) < 4.78 is 42.3. The quantitative estimate of drug-likeness (QED) is 0.707. The average Bonchev–Trinajstić information content (AvgIpc) is 1.82. The van der Waals surface area contributed by atoms with Crippen molar-refractivity contribution in [3.05, 3.63) is 0 Å². The molecule has 13 heavy (non-hydrogen) atoms. The van der Waals surface area contributed by atoms with Crippen LogP contribution < -0.4 is 0 Å². The molecule has 0 saturated carbocycles. The van der Waals surface area contributed by atoms with Crippen LogP contribution in [0.5, 0.6) is 0 Å². The molecule has 0 amide bonds. The molecule has 4 nitrogen and oxygen atoms in total. The minimum atomic E-state index is -5.11. The maximum atomic E-state index is 11.5. The molecule has 0 aliphatic carbocycles. The monoisotopic (exact) mass is 327 g/mol. The summed E-state index contributed by atoms with van der Waals surface area (Å²) in [6.07, 6.45) is -5.11. The van der Waals surface area contributed by atoms with E-state index < -0.39 is 37.6 Å². The van der Waals surface area contributed by atoms with Gasteiger partial charge in [-0.1, -0.05) is 0 Å². The fraction of sp³-hybridized carbons (Fsp3) is 0.500. The topological polar surface area (TPSA) is 52.6 Å². The van der Waals surface area contributed by atoms with Crippen molar-refractivity contribution in [2.24, 2.45) is 0 Å². The van der Waals surface area contributed by atoms with Gasteiger partial charge in [-0.3, -0.25) is 0 Å². The zero-order chi connectivity index (χ0) is 10.6. The summed E-state index contributed by atoms with van der Waals surface area (Å²) >= 11 is -3.91. The van der Waals surface area contributed by atoms with Gasteiger partial charge < -0.3 is 0 Å². The first-order valence-electron chi connectivity index (χ1n) is 2.73. The fourth-order valence-electron chi connectivity index (χ4n) is 0.265. The van der Waals surface area contributed by atoms with Gasteiger partial charge in [-0.25, -0.2) is 0 Å². The van der Waals surface area contributed by atoms with Crippen LogP contribution in [-0.4, -0.2) is 37.6 Å². The minimum absolute atomic E-state index is 0.876. The molecular weight excluding hydrogens is 323 g/mol. The van der Waals surface area contributed by atoms with E-state index in [0.29, 0.717) is 0 Å². The van der Waals surface area contributed by atoms with Crippen LogP contribution in [0.1, 0.15) is 6.92 Å². The van der Waals surface area contributed by atoms with Crippen molar-refractivity contribution in [2.75, 3.05) is 0 Å². The number of carbonyl (C=O) groups is 2. The van der Waals surface area contributed by atoms with Crippen LogP contribution in [0.2, 0.25) is 0 Å². The first-order valence-corrected chi connectivity index (χ1v) is 8.68. The van der Waals surface area contributed by atoms with Gasteiger partial charge in [0.05, 0.1) is 0 Å². The molecule has 0 N–H and O–H groups in total. The summed E-state index contributed by atoms with van der Waals surface area (Å²) in [5.74, 6) is -3.31. The van der Waals surface area contributed by atoms with E-state index in [1.807, 2.05) is 0 Å². The van der Waals surface area contributed by atoms with Gasteiger partial charge in [-0.05, 0) is 0 Å². The van der Waals surface area contributed by atoms with Crippen molar-refractivity contribution in [1.82, 2.24) is 0 Å². The number of hydrogen-bond donors (Lipinski definition) is 0. The molecule has 0 heterocycles. The van der Waals surface area contributed by atoms with E-state index in [1.165, 1.54) is 0 Å². The zero-order valence-corrected chi connectivity index (χ0v) is 9.75. The molecule has 0 spiro atoms. The van der Waals surface area contributed by atoms with Gasteiger partial charge in [-0.2, -0.15) is 0 Å². The maximum absolute atomic E-state index is 11.5. The Hall–Kier alpha value is -0.181. The van der Waals surface area contributed by atoms with Crippen molar-refractivity contribution < 1.29 is 28.9 Å². The second-order valence-electron chi connectivity index (χ2n) is 1.72. The zero-order valence-electron chi connectivity index (χ0n) is 6.14. The molecule has 0 saturated heterocycles. The molecule has 0 aromatic carbocycles. The van der Waals surface area contributed by atoms with Crippen molar-refractivity contribution in [3.63, 3.8) is 0 Å². The fourth-order valence-corrected chi connectivity index (χ4v) is 2.97. The predicted molar refractivity (Wildman–Crippen MR) is 35.5 cm³/mol. The summed E-state index contributed by atoms with van der Waals surface area (Å²) in [5.41, 5.74) is 0. The van der Waals surface area contributed by atoms with E-state index in [1.54, 1.807) is 0 Å². The Bertz CT molecular complexity index is 218. The molecule has 0 atom stereocenters. The van der Waals surface area contributed by atoms with Crippen molar-refractivity contribution in [2.45, 2.75) is 13.1 Å². The van der Waals surface area contributed by atoms with Crippen LogP contribution >= 0.6 is 8.92 Å². The van der Waals surface area contributed by atoms with E-state index in [9.17, 15) is 22.8 Å². The predicted octanol–water partition coefficient (Wildman–Crippen LogP) is 0.879. The Labute approximate surface area is 82.5 Å². The third-order valence-corrected chi connectivity index (χ3v) is 3.93. The number of alkyl halides is 3. The number of carbonyl (C=O) groups excluding carboxylic acids is 2. The summed E-state index contributed by atoms with van der Waals surface area (Å²) in [6, 6.07) is 0. The van der Waals surface area contributed by atoms with Crippen LogP contribution in [0.25, 0.3) is 0 Å². The van der Waals surface area contributed by atoms with Crippen LogP contribution in [0.3, 0.4) is 0 Å². The molecule has 0 rings (SSSR count). The summed E-state index contributed by atoms with van der Waals surface area (Å²) in [4.78, 5) is 20.2. The molecule has 0 bridgehead atoms. The number of halogens is 4. The van der Waals surface area contributed by atoms with Gasteiger partial charge in [-0.15, -0.1) is 0 Å². The molecule has 0 fully saturated rings. The molecule has 75 valence electrons. The van der Waals surface area contributed by atoms with Gasteiger partial charge in [0.2, 0.25) is 0 Å². The third kappa shape index (κ3) is 5.97. The van der Waals surface area contributed by atoms with Gasteiger partial charge in [0.15, 0.2) is 0 Å². The number of rotatable bonds is 2. The molecule has 0 aromatic rings. The summed E-state index contributed by atoms with van der Waals surface area (Å²) in [6.45, 7) is 0.949. The van der Waals surface area contributed by atoms with E-state index >= 15 is 0 Å². The van der Waals surface area contributed by atoms with Gasteiger partial charge in [0.1, 0.15) is 0 Å². The van der Waals surface area contributed by atoms with Crippen molar-refractivity contribution in [3.8, 4) is 0 Å². The molecule has 0 aromatic heterocycles. The molecule has 0 aliphatic rings. The average molecular weight is 326 g/mol. The third-order valence-electron chi connectivity index (χ3n) is 0.628. The van der Waals surface area contributed by atoms with Gasteiger partial charge in [0, 0.05) is 0 Å². The Morgan fingerprint density at radius 2 is 1.77 bits per heavy atom. The Morgan fingerprint density at radius 1 is 1.31 bits per heavy atom. The van der Waals surface area contributed by atoms with Crippen molar-refractivity contribution >= 4 is 40.3 Å². The van der Waals surface area contributed by atoms with E-state index in [4.69, 9.17) is 8.92 Å². The Balaban J connectivity index is 4.00. The second kappa shape index (κ2) is 4.89. The van der Waals surface area contributed by atoms with Gasteiger partial charge in [0.25, 0.3) is 0 Å². The van der Waals surface area contributed by atoms with Crippen LogP contribution in [-0.2, 0) is 15.7 Å². The van der Waals surface area contributed by atoms with E-state index in [0.717, 1.165) is 6.92 Å². The SMILES string of the molecule is CC(=O)[O][Sn]([Cl])[O]C(=O)C(F)(F)F. The summed E-state index contributed by atoms with van der Waals surface area (Å²) in [7, 11) is 5.09. The van der Waals surface area contributed by atoms with Crippen molar-refractivity contribution in [1.29, 1.82) is 0 Å². The van der Waals surface area contributed by atoms with Crippen LogP contribution in [0.4, 0.5) is 13.2 Å². The van der Waals surface area contributed by atoms with Crippen LogP contribution in [0, 0.1) is 0 Å². The molecule has 1 radical (unpaired) electrons. The molecule has 9 heteroatoms. The normalized spacial score (nSPS) is 11.2. The standard InChI is InChI=1S/C2HF3O2.C2H4O2.ClH.Sn/c3-2(4,5)1(6)7;1-2(3)4;;/h(H,6,7);1H3,(H,3,4);1H;/q;;;+3/p-3. The van der Waals surface area contributed by atoms with E-state index in [-0.39, 0.29) is 0 Å². The Morgan fingerprint density at radius 3 is 2.08 bits per heavy atom. The second-order valence-corrected chi connectivity index (χ2v) is 6.31. The van der Waals surface area contributed by atoms with Crippen LogP contribution in [0.15, 0.2) is 0 Å². The summed E-state index contributed by atoms with van der Waals surface area (Å²) in [5, 5.41) is 0. The Kier molecular flexibility index (Phi) is 4.82. The first-order chi connectivity index (χ1) is 5.73.